The second-order valence-corrected chi connectivity index (χ2v) is 5.77. The molecule has 0 radical (unpaired) electrons. The molecule has 1 amide bonds. The number of hydrogen-bond donors (Lipinski definition) is 3. The zero-order valence-corrected chi connectivity index (χ0v) is 11.4. The monoisotopic (exact) mass is 269 g/mol. The molecule has 17 heavy (non-hydrogen) atoms. The number of carbonyl (C=O) groups excluding carboxylic acids is 1. The van der Waals surface area contributed by atoms with Crippen molar-refractivity contribution in [3.8, 4) is 0 Å². The fourth-order valence-electron chi connectivity index (χ4n) is 1.01. The second kappa shape index (κ2) is 6.47. The van der Waals surface area contributed by atoms with Gasteiger partial charge in [0.2, 0.25) is 5.91 Å². The van der Waals surface area contributed by atoms with E-state index in [0.717, 1.165) is 7.11 Å². The van der Waals surface area contributed by atoms with Gasteiger partial charge in [-0.05, 0) is 6.92 Å². The van der Waals surface area contributed by atoms with Gasteiger partial charge in [-0.1, -0.05) is 13.8 Å². The van der Waals surface area contributed by atoms with Crippen molar-refractivity contribution in [2.45, 2.75) is 26.9 Å². The minimum absolute atomic E-state index is 0.285. The highest BCUT2D eigenvalue weighted by Gasteiger charge is 2.36. The lowest BCUT2D eigenvalue weighted by Gasteiger charge is -2.29. The van der Waals surface area contributed by atoms with Crippen molar-refractivity contribution in [3.05, 3.63) is 0 Å². The lowest BCUT2D eigenvalue weighted by molar-refractivity contribution is -0.136. The number of nitrogens with one attached hydrogen (secondary N) is 1. The minimum Gasteiger partial charge on any atom is -0.383 e. The van der Waals surface area contributed by atoms with Gasteiger partial charge in [-0.3, -0.25) is 13.8 Å². The summed E-state index contributed by atoms with van der Waals surface area (Å²) in [4.78, 5) is 20.4. The van der Waals surface area contributed by atoms with E-state index in [4.69, 9.17) is 4.89 Å². The van der Waals surface area contributed by atoms with E-state index in [2.05, 4.69) is 14.4 Å². The molecule has 8 heteroatoms. The Hall–Kier alpha value is -0.460. The largest absolute Gasteiger partial charge is 0.471 e. The van der Waals surface area contributed by atoms with Gasteiger partial charge in [0.25, 0.3) is 0 Å². The highest BCUT2D eigenvalue weighted by molar-refractivity contribution is 7.47. The van der Waals surface area contributed by atoms with Crippen molar-refractivity contribution >= 4 is 13.7 Å². The zero-order valence-electron chi connectivity index (χ0n) is 10.5. The van der Waals surface area contributed by atoms with E-state index in [1.54, 1.807) is 20.8 Å². The van der Waals surface area contributed by atoms with Gasteiger partial charge in [0.05, 0.1) is 6.61 Å². The van der Waals surface area contributed by atoms with E-state index in [0.29, 0.717) is 6.54 Å². The summed E-state index contributed by atoms with van der Waals surface area (Å²) >= 11 is 0. The van der Waals surface area contributed by atoms with Crippen LogP contribution in [0.3, 0.4) is 0 Å². The molecule has 102 valence electrons. The van der Waals surface area contributed by atoms with Crippen molar-refractivity contribution in [2.75, 3.05) is 20.3 Å². The summed E-state index contributed by atoms with van der Waals surface area (Å²) < 4.78 is 19.9. The minimum atomic E-state index is -4.10. The van der Waals surface area contributed by atoms with Crippen LogP contribution < -0.4 is 5.32 Å². The van der Waals surface area contributed by atoms with Crippen LogP contribution in [-0.4, -0.2) is 42.3 Å². The average Bonchev–Trinajstić information content (AvgIpc) is 2.26. The molecule has 0 saturated heterocycles. The Balaban J connectivity index is 4.46. The SMILES string of the molecule is CCNC(=O)C(O)C(C)(C)COP(=O)(O)OC. The molecule has 0 saturated carbocycles. The number of aliphatic hydroxyl groups excluding tert-OH is 1. The lowest BCUT2D eigenvalue weighted by Crippen LogP contribution is -2.45. The Morgan fingerprint density at radius 1 is 1.53 bits per heavy atom. The van der Waals surface area contributed by atoms with Gasteiger partial charge in [0, 0.05) is 19.1 Å². The number of carbonyl (C=O) groups is 1. The Morgan fingerprint density at radius 3 is 2.47 bits per heavy atom. The maximum Gasteiger partial charge on any atom is 0.471 e. The van der Waals surface area contributed by atoms with Gasteiger partial charge >= 0.3 is 7.82 Å². The highest BCUT2D eigenvalue weighted by Crippen LogP contribution is 2.43. The predicted octanol–water partition coefficient (Wildman–Crippen LogP) is 0.273. The molecule has 0 aromatic rings. The van der Waals surface area contributed by atoms with Crippen molar-refractivity contribution in [3.63, 3.8) is 0 Å². The van der Waals surface area contributed by atoms with Crippen molar-refractivity contribution in [1.29, 1.82) is 0 Å². The molecule has 2 atom stereocenters. The first-order valence-electron chi connectivity index (χ1n) is 5.15. The van der Waals surface area contributed by atoms with Gasteiger partial charge < -0.3 is 15.3 Å². The normalized spacial score (nSPS) is 17.3. The van der Waals surface area contributed by atoms with Crippen LogP contribution in [0.2, 0.25) is 0 Å². The molecular weight excluding hydrogens is 249 g/mol. The molecule has 3 N–H and O–H groups in total. The Bertz CT molecular complexity index is 306. The third-order valence-electron chi connectivity index (χ3n) is 2.17. The summed E-state index contributed by atoms with van der Waals surface area (Å²) in [6.07, 6.45) is -1.33. The first-order valence-corrected chi connectivity index (χ1v) is 6.64. The Labute approximate surface area is 101 Å². The molecule has 0 aromatic carbocycles. The fraction of sp³-hybridized carbons (Fsp3) is 0.889. The lowest BCUT2D eigenvalue weighted by atomic mass is 9.87. The van der Waals surface area contributed by atoms with E-state index >= 15 is 0 Å². The Morgan fingerprint density at radius 2 is 2.06 bits per heavy atom. The van der Waals surface area contributed by atoms with Crippen LogP contribution in [-0.2, 0) is 18.4 Å². The Kier molecular flexibility index (Phi) is 6.29. The second-order valence-electron chi connectivity index (χ2n) is 4.21. The quantitative estimate of drug-likeness (QED) is 0.573. The predicted molar refractivity (Wildman–Crippen MR) is 61.3 cm³/mol. The summed E-state index contributed by atoms with van der Waals surface area (Å²) in [5.41, 5.74) is -1.00. The van der Waals surface area contributed by atoms with E-state index in [-0.39, 0.29) is 6.61 Å². The third kappa shape index (κ3) is 5.61. The van der Waals surface area contributed by atoms with E-state index in [1.165, 1.54) is 0 Å². The first-order chi connectivity index (χ1) is 7.66. The summed E-state index contributed by atoms with van der Waals surface area (Å²) in [7, 11) is -3.06. The molecule has 0 heterocycles. The molecular formula is C9H20NO6P. The van der Waals surface area contributed by atoms with Crippen LogP contribution in [0.5, 0.6) is 0 Å². The number of phosphoric ester groups is 1. The number of aliphatic hydroxyl groups is 1. The van der Waals surface area contributed by atoms with E-state index in [1.807, 2.05) is 0 Å². The fourth-order valence-corrected chi connectivity index (χ4v) is 1.61. The number of likely N-dealkylation sites (N-methyl/N-ethyl adjacent to an activating group) is 1. The van der Waals surface area contributed by atoms with Crippen LogP contribution in [0.25, 0.3) is 0 Å². The molecule has 0 aliphatic rings. The van der Waals surface area contributed by atoms with Crippen LogP contribution in [0.1, 0.15) is 20.8 Å². The topological polar surface area (TPSA) is 105 Å². The number of hydrogen-bond acceptors (Lipinski definition) is 5. The molecule has 0 fully saturated rings. The molecule has 2 unspecified atom stereocenters. The molecule has 0 spiro atoms. The number of amides is 1. The van der Waals surface area contributed by atoms with Gasteiger partial charge in [-0.25, -0.2) is 4.57 Å². The first kappa shape index (κ1) is 16.5. The molecule has 0 aliphatic carbocycles. The molecule has 0 rings (SSSR count). The molecule has 0 aliphatic heterocycles. The average molecular weight is 269 g/mol. The summed E-state index contributed by atoms with van der Waals surface area (Å²) in [6.45, 7) is 4.92. The van der Waals surface area contributed by atoms with Gasteiger partial charge in [-0.15, -0.1) is 0 Å². The van der Waals surface area contributed by atoms with Crippen LogP contribution in [0.15, 0.2) is 0 Å². The smallest absolute Gasteiger partial charge is 0.383 e. The maximum atomic E-state index is 11.4. The third-order valence-corrected chi connectivity index (χ3v) is 3.09. The molecule has 0 aromatic heterocycles. The standard InChI is InChI=1S/C9H20NO6P/c1-5-10-8(12)7(11)9(2,3)6-16-17(13,14)15-4/h7,11H,5-6H2,1-4H3,(H,10,12)(H,13,14). The molecule has 0 bridgehead atoms. The zero-order chi connectivity index (χ0) is 13.7. The maximum absolute atomic E-state index is 11.4. The highest BCUT2D eigenvalue weighted by atomic mass is 31.2. The summed E-state index contributed by atoms with van der Waals surface area (Å²) in [6, 6.07) is 0. The van der Waals surface area contributed by atoms with Gasteiger partial charge in [0.15, 0.2) is 0 Å². The van der Waals surface area contributed by atoms with E-state index < -0.39 is 25.2 Å². The van der Waals surface area contributed by atoms with Crippen LogP contribution >= 0.6 is 7.82 Å². The van der Waals surface area contributed by atoms with Crippen molar-refractivity contribution < 1.29 is 28.4 Å². The van der Waals surface area contributed by atoms with Gasteiger partial charge in [0.1, 0.15) is 6.10 Å². The van der Waals surface area contributed by atoms with Crippen molar-refractivity contribution in [2.24, 2.45) is 5.41 Å². The van der Waals surface area contributed by atoms with Gasteiger partial charge in [-0.2, -0.15) is 0 Å². The number of rotatable bonds is 7. The number of phosphoric acid groups is 1. The molecule has 7 nitrogen and oxygen atoms in total. The van der Waals surface area contributed by atoms with Crippen LogP contribution in [0.4, 0.5) is 0 Å². The van der Waals surface area contributed by atoms with Crippen LogP contribution in [0, 0.1) is 5.41 Å². The van der Waals surface area contributed by atoms with Crippen molar-refractivity contribution in [1.82, 2.24) is 5.32 Å². The summed E-state index contributed by atoms with van der Waals surface area (Å²) in [5.74, 6) is -0.550. The van der Waals surface area contributed by atoms with E-state index in [9.17, 15) is 14.5 Å². The summed E-state index contributed by atoms with van der Waals surface area (Å²) in [5, 5.41) is 12.2.